The van der Waals surface area contributed by atoms with E-state index in [1.807, 2.05) is 48.5 Å². The van der Waals surface area contributed by atoms with Gasteiger partial charge >= 0.3 is 0 Å². The molecule has 0 N–H and O–H groups in total. The number of rotatable bonds is 7. The number of carbonyl (C=O) groups excluding carboxylic acids is 1. The minimum atomic E-state index is -0.257. The fourth-order valence-electron chi connectivity index (χ4n) is 2.95. The molecule has 0 radical (unpaired) electrons. The lowest BCUT2D eigenvalue weighted by molar-refractivity contribution is -0.118. The summed E-state index contributed by atoms with van der Waals surface area (Å²) in [7, 11) is 0. The van der Waals surface area contributed by atoms with E-state index in [0.29, 0.717) is 23.8 Å². The third-order valence-electron chi connectivity index (χ3n) is 4.45. The van der Waals surface area contributed by atoms with Crippen LogP contribution >= 0.6 is 39.0 Å². The average molecular weight is 501 g/mol. The summed E-state index contributed by atoms with van der Waals surface area (Å²) in [5, 5.41) is 0.698. The number of thiazole rings is 1. The van der Waals surface area contributed by atoms with Crippen LogP contribution in [0.3, 0.4) is 0 Å². The van der Waals surface area contributed by atoms with E-state index < -0.39 is 0 Å². The van der Waals surface area contributed by atoms with Gasteiger partial charge in [0.25, 0.3) is 0 Å². The topological polar surface area (TPSA) is 33.2 Å². The highest BCUT2D eigenvalue weighted by atomic mass is 79.9. The number of fused-ring (bicyclic) bond motifs is 1. The first-order valence-electron chi connectivity index (χ1n) is 9.37. The van der Waals surface area contributed by atoms with Crippen LogP contribution in [-0.4, -0.2) is 16.6 Å². The van der Waals surface area contributed by atoms with Crippen molar-refractivity contribution in [2.24, 2.45) is 0 Å². The van der Waals surface area contributed by atoms with Crippen molar-refractivity contribution in [1.82, 2.24) is 4.98 Å². The standard InChI is InChI=1S/C23H18BrFN2OS2/c24-17-6-11-20-21(14-17)30-23(26-20)27(15-16-4-2-1-3-5-16)22(28)12-13-29-19-9-7-18(25)8-10-19/h1-11,14H,12-13,15H2. The molecule has 0 spiro atoms. The highest BCUT2D eigenvalue weighted by Crippen LogP contribution is 2.32. The van der Waals surface area contributed by atoms with Crippen molar-refractivity contribution in [2.45, 2.75) is 17.9 Å². The number of benzene rings is 3. The molecule has 0 unspecified atom stereocenters. The van der Waals surface area contributed by atoms with Gasteiger partial charge in [-0.3, -0.25) is 9.69 Å². The second kappa shape index (κ2) is 9.73. The van der Waals surface area contributed by atoms with Gasteiger partial charge in [0.1, 0.15) is 5.82 Å². The van der Waals surface area contributed by atoms with Gasteiger partial charge in [-0.15, -0.1) is 11.8 Å². The van der Waals surface area contributed by atoms with E-state index in [2.05, 4.69) is 15.9 Å². The van der Waals surface area contributed by atoms with Crippen LogP contribution in [0.4, 0.5) is 9.52 Å². The maximum Gasteiger partial charge on any atom is 0.229 e. The van der Waals surface area contributed by atoms with Gasteiger partial charge in [-0.2, -0.15) is 0 Å². The molecule has 3 nitrogen and oxygen atoms in total. The summed E-state index contributed by atoms with van der Waals surface area (Å²) in [6.07, 6.45) is 0.370. The van der Waals surface area contributed by atoms with Crippen molar-refractivity contribution in [3.8, 4) is 0 Å². The Balaban J connectivity index is 1.52. The van der Waals surface area contributed by atoms with Gasteiger partial charge < -0.3 is 0 Å². The Morgan fingerprint density at radius 2 is 1.83 bits per heavy atom. The van der Waals surface area contributed by atoms with Crippen LogP contribution in [0.25, 0.3) is 10.2 Å². The second-order valence-electron chi connectivity index (χ2n) is 6.63. The van der Waals surface area contributed by atoms with E-state index in [9.17, 15) is 9.18 Å². The van der Waals surface area contributed by atoms with Gasteiger partial charge in [-0.05, 0) is 48.0 Å². The Morgan fingerprint density at radius 1 is 1.07 bits per heavy atom. The third kappa shape index (κ3) is 5.28. The normalized spacial score (nSPS) is 11.0. The molecule has 152 valence electrons. The van der Waals surface area contributed by atoms with Gasteiger partial charge in [0.05, 0.1) is 16.8 Å². The molecule has 1 amide bonds. The fourth-order valence-corrected chi connectivity index (χ4v) is 5.33. The van der Waals surface area contributed by atoms with Crippen LogP contribution in [0.1, 0.15) is 12.0 Å². The molecule has 0 saturated heterocycles. The molecule has 7 heteroatoms. The first-order valence-corrected chi connectivity index (χ1v) is 12.0. The van der Waals surface area contributed by atoms with Crippen LogP contribution in [0.5, 0.6) is 0 Å². The Labute approximate surface area is 191 Å². The van der Waals surface area contributed by atoms with E-state index in [4.69, 9.17) is 4.98 Å². The Morgan fingerprint density at radius 3 is 2.60 bits per heavy atom. The SMILES string of the molecule is O=C(CCSc1ccc(F)cc1)N(Cc1ccccc1)c1nc2ccc(Br)cc2s1. The molecule has 4 rings (SSSR count). The molecule has 0 saturated carbocycles. The Hall–Kier alpha value is -2.22. The second-order valence-corrected chi connectivity index (χ2v) is 9.72. The summed E-state index contributed by atoms with van der Waals surface area (Å²) < 4.78 is 15.1. The molecule has 4 aromatic rings. The molecule has 1 heterocycles. The molecular formula is C23H18BrFN2OS2. The van der Waals surface area contributed by atoms with Crippen LogP contribution < -0.4 is 4.90 Å². The van der Waals surface area contributed by atoms with Crippen molar-refractivity contribution in [2.75, 3.05) is 10.7 Å². The lowest BCUT2D eigenvalue weighted by atomic mass is 10.2. The van der Waals surface area contributed by atoms with Crippen LogP contribution in [0, 0.1) is 5.82 Å². The first kappa shape index (κ1) is 21.0. The molecular weight excluding hydrogens is 483 g/mol. The molecule has 0 atom stereocenters. The van der Waals surface area contributed by atoms with Gasteiger partial charge in [-0.1, -0.05) is 57.6 Å². The number of thioether (sulfide) groups is 1. The molecule has 30 heavy (non-hydrogen) atoms. The highest BCUT2D eigenvalue weighted by Gasteiger charge is 2.20. The van der Waals surface area contributed by atoms with Crippen molar-refractivity contribution < 1.29 is 9.18 Å². The Kier molecular flexibility index (Phi) is 6.82. The number of carbonyl (C=O) groups is 1. The van der Waals surface area contributed by atoms with Gasteiger partial charge in [0.15, 0.2) is 5.13 Å². The van der Waals surface area contributed by atoms with Gasteiger partial charge in [0, 0.05) is 21.5 Å². The van der Waals surface area contributed by atoms with Crippen LogP contribution in [-0.2, 0) is 11.3 Å². The lowest BCUT2D eigenvalue weighted by Gasteiger charge is -2.20. The quantitative estimate of drug-likeness (QED) is 0.258. The number of hydrogen-bond donors (Lipinski definition) is 0. The zero-order valence-electron chi connectivity index (χ0n) is 15.9. The highest BCUT2D eigenvalue weighted by molar-refractivity contribution is 9.10. The van der Waals surface area contributed by atoms with Gasteiger partial charge in [-0.25, -0.2) is 9.37 Å². The summed E-state index contributed by atoms with van der Waals surface area (Å²) >= 11 is 6.55. The van der Waals surface area contributed by atoms with E-state index in [1.54, 1.807) is 28.8 Å². The maximum atomic E-state index is 13.1. The number of amides is 1. The molecule has 0 aliphatic rings. The van der Waals surface area contributed by atoms with Crippen molar-refractivity contribution in [3.05, 3.63) is 88.6 Å². The summed E-state index contributed by atoms with van der Waals surface area (Å²) in [5.74, 6) is 0.380. The minimum absolute atomic E-state index is 0.0200. The van der Waals surface area contributed by atoms with Crippen LogP contribution in [0.15, 0.2) is 82.2 Å². The van der Waals surface area contributed by atoms with Crippen LogP contribution in [0.2, 0.25) is 0 Å². The predicted molar refractivity (Wildman–Crippen MR) is 127 cm³/mol. The minimum Gasteiger partial charge on any atom is -0.284 e. The molecule has 0 aliphatic carbocycles. The number of aromatic nitrogens is 1. The number of hydrogen-bond acceptors (Lipinski definition) is 4. The largest absolute Gasteiger partial charge is 0.284 e. The van der Waals surface area contributed by atoms with Crippen molar-refractivity contribution in [3.63, 3.8) is 0 Å². The third-order valence-corrected chi connectivity index (χ3v) is 7.00. The van der Waals surface area contributed by atoms with E-state index in [1.165, 1.54) is 23.5 Å². The van der Waals surface area contributed by atoms with Crippen molar-refractivity contribution >= 4 is 60.3 Å². The number of halogens is 2. The maximum absolute atomic E-state index is 13.1. The Bertz CT molecular complexity index is 1150. The summed E-state index contributed by atoms with van der Waals surface area (Å²) in [5.41, 5.74) is 1.93. The molecule has 3 aromatic carbocycles. The zero-order valence-corrected chi connectivity index (χ0v) is 19.1. The average Bonchev–Trinajstić information content (AvgIpc) is 3.17. The molecule has 0 aliphatic heterocycles. The summed E-state index contributed by atoms with van der Waals surface area (Å²) in [6.45, 7) is 0.474. The first-order chi connectivity index (χ1) is 14.6. The van der Waals surface area contributed by atoms with Crippen molar-refractivity contribution in [1.29, 1.82) is 0 Å². The van der Waals surface area contributed by atoms with Gasteiger partial charge in [0.2, 0.25) is 5.91 Å². The summed E-state index contributed by atoms with van der Waals surface area (Å²) in [4.78, 5) is 20.6. The van der Waals surface area contributed by atoms with E-state index in [0.717, 1.165) is 25.1 Å². The lowest BCUT2D eigenvalue weighted by Crippen LogP contribution is -2.30. The fraction of sp³-hybridized carbons (Fsp3) is 0.130. The van der Waals surface area contributed by atoms with E-state index in [-0.39, 0.29) is 11.7 Å². The number of nitrogens with zero attached hydrogens (tertiary/aromatic N) is 2. The summed E-state index contributed by atoms with van der Waals surface area (Å²) in [6, 6.07) is 22.2. The molecule has 1 aromatic heterocycles. The molecule has 0 fully saturated rings. The van der Waals surface area contributed by atoms with E-state index >= 15 is 0 Å². The zero-order chi connectivity index (χ0) is 20.9. The molecule has 0 bridgehead atoms. The number of anilines is 1. The smallest absolute Gasteiger partial charge is 0.229 e. The monoisotopic (exact) mass is 500 g/mol. The predicted octanol–water partition coefficient (Wildman–Crippen LogP) is 6.91.